The van der Waals surface area contributed by atoms with Crippen molar-refractivity contribution >= 4 is 22.9 Å². The Kier molecular flexibility index (Phi) is 2.86. The Morgan fingerprint density at radius 2 is 2.50 bits per heavy atom. The summed E-state index contributed by atoms with van der Waals surface area (Å²) in [5.41, 5.74) is 0.881. The predicted molar refractivity (Wildman–Crippen MR) is 57.6 cm³/mol. The van der Waals surface area contributed by atoms with Gasteiger partial charge >= 0.3 is 0 Å². The molecule has 2 aromatic rings. The highest BCUT2D eigenvalue weighted by Gasteiger charge is 2.10. The van der Waals surface area contributed by atoms with Crippen LogP contribution in [0.4, 0.5) is 0 Å². The summed E-state index contributed by atoms with van der Waals surface area (Å²) in [6, 6.07) is 1.84. The molecule has 0 saturated carbocycles. The highest BCUT2D eigenvalue weighted by molar-refractivity contribution is 7.14. The van der Waals surface area contributed by atoms with E-state index in [-0.39, 0.29) is 0 Å². The summed E-state index contributed by atoms with van der Waals surface area (Å²) in [4.78, 5) is 5.18. The lowest BCUT2D eigenvalue weighted by Crippen LogP contribution is -2.04. The van der Waals surface area contributed by atoms with Crippen molar-refractivity contribution in [3.8, 4) is 10.8 Å². The second kappa shape index (κ2) is 4.13. The Bertz CT molecular complexity index is 424. The molecule has 0 unspecified atom stereocenters. The molecule has 2 aromatic heterocycles. The molecule has 74 valence electrons. The fourth-order valence-corrected chi connectivity index (χ4v) is 2.19. The molecule has 0 aliphatic heterocycles. The van der Waals surface area contributed by atoms with Gasteiger partial charge in [0.25, 0.3) is 0 Å². The van der Waals surface area contributed by atoms with Gasteiger partial charge < -0.3 is 9.73 Å². The molecule has 3 nitrogen and oxygen atoms in total. The zero-order valence-corrected chi connectivity index (χ0v) is 9.15. The van der Waals surface area contributed by atoms with E-state index < -0.39 is 0 Å². The van der Waals surface area contributed by atoms with Crippen LogP contribution in [0.3, 0.4) is 0 Å². The van der Waals surface area contributed by atoms with Crippen molar-refractivity contribution in [1.29, 1.82) is 0 Å². The third-order valence-electron chi connectivity index (χ3n) is 1.72. The quantitative estimate of drug-likeness (QED) is 0.878. The summed E-state index contributed by atoms with van der Waals surface area (Å²) in [6.45, 7) is 0.701. The lowest BCUT2D eigenvalue weighted by Gasteiger charge is -1.90. The van der Waals surface area contributed by atoms with Crippen molar-refractivity contribution in [3.05, 3.63) is 28.4 Å². The van der Waals surface area contributed by atoms with Gasteiger partial charge in [-0.2, -0.15) is 0 Å². The van der Waals surface area contributed by atoms with E-state index in [1.165, 1.54) is 11.3 Å². The fourth-order valence-electron chi connectivity index (χ4n) is 1.12. The molecule has 1 N–H and O–H groups in total. The van der Waals surface area contributed by atoms with Crippen LogP contribution < -0.4 is 5.32 Å². The Balaban J connectivity index is 2.29. The van der Waals surface area contributed by atoms with Crippen LogP contribution in [-0.2, 0) is 6.54 Å². The summed E-state index contributed by atoms with van der Waals surface area (Å²) in [5.74, 6) is 0.593. The van der Waals surface area contributed by atoms with Crippen LogP contribution in [0.5, 0.6) is 0 Å². The monoisotopic (exact) mass is 228 g/mol. The van der Waals surface area contributed by atoms with Gasteiger partial charge in [0, 0.05) is 6.54 Å². The number of rotatable bonds is 3. The summed E-state index contributed by atoms with van der Waals surface area (Å²) in [7, 11) is 1.87. The smallest absolute Gasteiger partial charge is 0.238 e. The standard InChI is InChI=1S/C9H9ClN2OS/c1-11-4-6-5-13-9(12-6)8-7(10)2-3-14-8/h2-3,5,11H,4H2,1H3. The van der Waals surface area contributed by atoms with Crippen LogP contribution in [0.15, 0.2) is 22.1 Å². The van der Waals surface area contributed by atoms with Crippen LogP contribution in [0.2, 0.25) is 5.02 Å². The second-order valence-electron chi connectivity index (χ2n) is 2.77. The van der Waals surface area contributed by atoms with Crippen molar-refractivity contribution in [2.24, 2.45) is 0 Å². The Labute approximate surface area is 90.7 Å². The SMILES string of the molecule is CNCc1coc(-c2sccc2Cl)n1. The minimum atomic E-state index is 0.593. The number of hydrogen-bond acceptors (Lipinski definition) is 4. The van der Waals surface area contributed by atoms with Crippen LogP contribution in [-0.4, -0.2) is 12.0 Å². The van der Waals surface area contributed by atoms with Crippen LogP contribution in [0, 0.1) is 0 Å². The predicted octanol–water partition coefficient (Wildman–Crippen LogP) is 2.78. The molecule has 0 saturated heterocycles. The van der Waals surface area contributed by atoms with Crippen molar-refractivity contribution in [2.45, 2.75) is 6.54 Å². The van der Waals surface area contributed by atoms with Gasteiger partial charge in [0.2, 0.25) is 5.89 Å². The number of hydrogen-bond donors (Lipinski definition) is 1. The topological polar surface area (TPSA) is 38.1 Å². The minimum absolute atomic E-state index is 0.593. The average Bonchev–Trinajstić information content (AvgIpc) is 2.74. The highest BCUT2D eigenvalue weighted by Crippen LogP contribution is 2.32. The molecule has 0 spiro atoms. The first-order chi connectivity index (χ1) is 6.81. The van der Waals surface area contributed by atoms with Gasteiger partial charge in [-0.1, -0.05) is 11.6 Å². The van der Waals surface area contributed by atoms with Gasteiger partial charge in [-0.05, 0) is 18.5 Å². The maximum absolute atomic E-state index is 5.96. The molecule has 0 aromatic carbocycles. The van der Waals surface area contributed by atoms with Gasteiger partial charge in [-0.15, -0.1) is 11.3 Å². The molecule has 0 aliphatic carbocycles. The van der Waals surface area contributed by atoms with Gasteiger partial charge in [0.05, 0.1) is 10.7 Å². The number of aromatic nitrogens is 1. The van der Waals surface area contributed by atoms with Crippen molar-refractivity contribution in [2.75, 3.05) is 7.05 Å². The van der Waals surface area contributed by atoms with E-state index in [2.05, 4.69) is 10.3 Å². The molecule has 0 amide bonds. The van der Waals surface area contributed by atoms with Gasteiger partial charge in [0.1, 0.15) is 11.1 Å². The summed E-state index contributed by atoms with van der Waals surface area (Å²) < 4.78 is 5.32. The number of oxazole rings is 1. The molecule has 0 bridgehead atoms. The molecule has 5 heteroatoms. The first kappa shape index (κ1) is 9.71. The van der Waals surface area contributed by atoms with Crippen LogP contribution in [0.1, 0.15) is 5.69 Å². The summed E-state index contributed by atoms with van der Waals surface area (Å²) in [6.07, 6.45) is 1.64. The number of nitrogens with one attached hydrogen (secondary N) is 1. The zero-order valence-electron chi connectivity index (χ0n) is 7.58. The molecule has 14 heavy (non-hydrogen) atoms. The lowest BCUT2D eigenvalue weighted by molar-refractivity contribution is 0.573. The van der Waals surface area contributed by atoms with Crippen molar-refractivity contribution in [3.63, 3.8) is 0 Å². The first-order valence-corrected chi connectivity index (χ1v) is 5.39. The highest BCUT2D eigenvalue weighted by atomic mass is 35.5. The van der Waals surface area contributed by atoms with Gasteiger partial charge in [-0.3, -0.25) is 0 Å². The van der Waals surface area contributed by atoms with Crippen molar-refractivity contribution in [1.82, 2.24) is 10.3 Å². The number of thiophene rings is 1. The van der Waals surface area contributed by atoms with E-state index in [1.807, 2.05) is 18.5 Å². The maximum Gasteiger partial charge on any atom is 0.238 e. The first-order valence-electron chi connectivity index (χ1n) is 4.13. The fraction of sp³-hybridized carbons (Fsp3) is 0.222. The average molecular weight is 229 g/mol. The molecule has 2 rings (SSSR count). The normalized spacial score (nSPS) is 10.7. The van der Waals surface area contributed by atoms with Crippen LogP contribution >= 0.6 is 22.9 Å². The molecule has 0 fully saturated rings. The molecular weight excluding hydrogens is 220 g/mol. The Hall–Kier alpha value is -0.840. The molecular formula is C9H9ClN2OS. The third kappa shape index (κ3) is 1.82. The molecule has 0 radical (unpaired) electrons. The number of halogens is 1. The van der Waals surface area contributed by atoms with E-state index in [4.69, 9.17) is 16.0 Å². The maximum atomic E-state index is 5.96. The van der Waals surface area contributed by atoms with Crippen LogP contribution in [0.25, 0.3) is 10.8 Å². The zero-order chi connectivity index (χ0) is 9.97. The van der Waals surface area contributed by atoms with Gasteiger partial charge in [0.15, 0.2) is 0 Å². The van der Waals surface area contributed by atoms with Crippen molar-refractivity contribution < 1.29 is 4.42 Å². The van der Waals surface area contributed by atoms with E-state index in [0.29, 0.717) is 17.5 Å². The van der Waals surface area contributed by atoms with Gasteiger partial charge in [-0.25, -0.2) is 4.98 Å². The van der Waals surface area contributed by atoms with E-state index in [9.17, 15) is 0 Å². The molecule has 0 atom stereocenters. The summed E-state index contributed by atoms with van der Waals surface area (Å²) in [5, 5.41) is 5.61. The third-order valence-corrected chi connectivity index (χ3v) is 3.05. The largest absolute Gasteiger partial charge is 0.443 e. The Morgan fingerprint density at radius 3 is 3.14 bits per heavy atom. The van der Waals surface area contributed by atoms with E-state index >= 15 is 0 Å². The second-order valence-corrected chi connectivity index (χ2v) is 4.10. The number of nitrogens with zero attached hydrogens (tertiary/aromatic N) is 1. The summed E-state index contributed by atoms with van der Waals surface area (Å²) >= 11 is 7.48. The molecule has 2 heterocycles. The van der Waals surface area contributed by atoms with E-state index in [1.54, 1.807) is 6.26 Å². The molecule has 0 aliphatic rings. The van der Waals surface area contributed by atoms with E-state index in [0.717, 1.165) is 10.6 Å². The minimum Gasteiger partial charge on any atom is -0.443 e. The Morgan fingerprint density at radius 1 is 1.64 bits per heavy atom. The lowest BCUT2D eigenvalue weighted by atomic mass is 10.4.